The zero-order chi connectivity index (χ0) is 8.97. The first kappa shape index (κ1) is 8.98. The molecule has 0 spiro atoms. The fraction of sp³-hybridized carbons (Fsp3) is 0.273. The van der Waals surface area contributed by atoms with E-state index < -0.39 is 0 Å². The van der Waals surface area contributed by atoms with Crippen molar-refractivity contribution in [2.45, 2.75) is 19.8 Å². The van der Waals surface area contributed by atoms with Crippen molar-refractivity contribution >= 4 is 0 Å². The maximum Gasteiger partial charge on any atom is 0.129 e. The van der Waals surface area contributed by atoms with Gasteiger partial charge in [-0.15, -0.1) is 6.58 Å². The van der Waals surface area contributed by atoms with Crippen molar-refractivity contribution in [3.05, 3.63) is 47.8 Å². The summed E-state index contributed by atoms with van der Waals surface area (Å²) in [5.74, 6) is -0.0700. The zero-order valence-electron chi connectivity index (χ0n) is 7.31. The van der Waals surface area contributed by atoms with Gasteiger partial charge in [-0.3, -0.25) is 0 Å². The molecule has 0 N–H and O–H groups in total. The lowest BCUT2D eigenvalue weighted by Crippen LogP contribution is -1.92. The van der Waals surface area contributed by atoms with E-state index in [9.17, 15) is 4.39 Å². The largest absolute Gasteiger partial charge is 0.206 e. The molecule has 1 aromatic rings. The molecular weight excluding hydrogens is 151 g/mol. The summed E-state index contributed by atoms with van der Waals surface area (Å²) < 4.78 is 13.3. The Morgan fingerprint density at radius 1 is 1.50 bits per heavy atom. The van der Waals surface area contributed by atoms with Gasteiger partial charge in [0.05, 0.1) is 0 Å². The SMILES string of the molecule is C=CCCc1cccc(C)c1F. The zero-order valence-corrected chi connectivity index (χ0v) is 7.31. The highest BCUT2D eigenvalue weighted by atomic mass is 19.1. The summed E-state index contributed by atoms with van der Waals surface area (Å²) in [6, 6.07) is 5.50. The van der Waals surface area contributed by atoms with Crippen LogP contribution >= 0.6 is 0 Å². The van der Waals surface area contributed by atoms with Crippen molar-refractivity contribution < 1.29 is 4.39 Å². The van der Waals surface area contributed by atoms with Crippen LogP contribution in [0.1, 0.15) is 17.5 Å². The van der Waals surface area contributed by atoms with Crippen molar-refractivity contribution in [3.8, 4) is 0 Å². The second-order valence-electron chi connectivity index (χ2n) is 2.88. The molecule has 1 aromatic carbocycles. The van der Waals surface area contributed by atoms with Crippen LogP contribution in [0, 0.1) is 12.7 Å². The van der Waals surface area contributed by atoms with E-state index in [0.717, 1.165) is 24.0 Å². The van der Waals surface area contributed by atoms with Crippen LogP contribution in [0.15, 0.2) is 30.9 Å². The van der Waals surface area contributed by atoms with Gasteiger partial charge in [0.25, 0.3) is 0 Å². The van der Waals surface area contributed by atoms with Crippen molar-refractivity contribution in [1.82, 2.24) is 0 Å². The molecule has 0 aliphatic rings. The maximum atomic E-state index is 13.3. The molecule has 0 saturated heterocycles. The van der Waals surface area contributed by atoms with Crippen LogP contribution in [-0.2, 0) is 6.42 Å². The predicted molar refractivity (Wildman–Crippen MR) is 49.7 cm³/mol. The highest BCUT2D eigenvalue weighted by Crippen LogP contribution is 2.13. The lowest BCUT2D eigenvalue weighted by Gasteiger charge is -2.02. The van der Waals surface area contributed by atoms with Gasteiger partial charge in [-0.1, -0.05) is 24.3 Å². The number of aryl methyl sites for hydroxylation is 2. The molecule has 0 unspecified atom stereocenters. The topological polar surface area (TPSA) is 0 Å². The summed E-state index contributed by atoms with van der Waals surface area (Å²) in [6.07, 6.45) is 3.39. The lowest BCUT2D eigenvalue weighted by molar-refractivity contribution is 0.600. The Kier molecular flexibility index (Phi) is 3.03. The molecule has 1 heteroatoms. The van der Waals surface area contributed by atoms with Gasteiger partial charge in [0.1, 0.15) is 5.82 Å². The van der Waals surface area contributed by atoms with E-state index in [2.05, 4.69) is 6.58 Å². The first-order chi connectivity index (χ1) is 5.75. The minimum atomic E-state index is -0.0700. The third-order valence-corrected chi connectivity index (χ3v) is 1.89. The fourth-order valence-corrected chi connectivity index (χ4v) is 1.16. The molecule has 0 saturated carbocycles. The van der Waals surface area contributed by atoms with E-state index in [1.165, 1.54) is 0 Å². The van der Waals surface area contributed by atoms with E-state index in [0.29, 0.717) is 0 Å². The highest BCUT2D eigenvalue weighted by molar-refractivity contribution is 5.25. The Labute approximate surface area is 72.7 Å². The van der Waals surface area contributed by atoms with Gasteiger partial charge in [-0.2, -0.15) is 0 Å². The van der Waals surface area contributed by atoms with E-state index in [1.807, 2.05) is 18.2 Å². The van der Waals surface area contributed by atoms with E-state index in [-0.39, 0.29) is 5.82 Å². The molecule has 0 radical (unpaired) electrons. The van der Waals surface area contributed by atoms with Gasteiger partial charge in [-0.25, -0.2) is 4.39 Å². The van der Waals surface area contributed by atoms with E-state index in [4.69, 9.17) is 0 Å². The van der Waals surface area contributed by atoms with Crippen LogP contribution in [0.3, 0.4) is 0 Å². The quantitative estimate of drug-likeness (QED) is 0.601. The smallest absolute Gasteiger partial charge is 0.129 e. The van der Waals surface area contributed by atoms with Crippen molar-refractivity contribution in [3.63, 3.8) is 0 Å². The summed E-state index contributed by atoms with van der Waals surface area (Å²) >= 11 is 0. The van der Waals surface area contributed by atoms with Crippen molar-refractivity contribution in [2.75, 3.05) is 0 Å². The number of allylic oxidation sites excluding steroid dienone is 1. The average Bonchev–Trinajstić information content (AvgIpc) is 2.08. The van der Waals surface area contributed by atoms with Crippen LogP contribution in [0.4, 0.5) is 4.39 Å². The molecule has 0 heterocycles. The van der Waals surface area contributed by atoms with Crippen LogP contribution in [0.5, 0.6) is 0 Å². The molecule has 0 atom stereocenters. The van der Waals surface area contributed by atoms with Crippen molar-refractivity contribution in [1.29, 1.82) is 0 Å². The lowest BCUT2D eigenvalue weighted by atomic mass is 10.1. The van der Waals surface area contributed by atoms with E-state index >= 15 is 0 Å². The Hall–Kier alpha value is -1.11. The molecule has 0 aliphatic heterocycles. The van der Waals surface area contributed by atoms with Crippen molar-refractivity contribution in [2.24, 2.45) is 0 Å². The molecule has 0 nitrogen and oxygen atoms in total. The van der Waals surface area contributed by atoms with Gasteiger partial charge in [0.2, 0.25) is 0 Å². The van der Waals surface area contributed by atoms with Gasteiger partial charge in [-0.05, 0) is 30.9 Å². The highest BCUT2D eigenvalue weighted by Gasteiger charge is 2.02. The number of hydrogen-bond acceptors (Lipinski definition) is 0. The average molecular weight is 164 g/mol. The van der Waals surface area contributed by atoms with Crippen LogP contribution < -0.4 is 0 Å². The number of halogens is 1. The van der Waals surface area contributed by atoms with Gasteiger partial charge in [0, 0.05) is 0 Å². The van der Waals surface area contributed by atoms with Gasteiger partial charge < -0.3 is 0 Å². The van der Waals surface area contributed by atoms with Crippen LogP contribution in [0.2, 0.25) is 0 Å². The molecule has 0 amide bonds. The normalized spacial score (nSPS) is 9.83. The minimum absolute atomic E-state index is 0.0700. The summed E-state index contributed by atoms with van der Waals surface area (Å²) in [4.78, 5) is 0. The maximum absolute atomic E-state index is 13.3. The third kappa shape index (κ3) is 1.94. The molecular formula is C11H13F. The Morgan fingerprint density at radius 3 is 2.92 bits per heavy atom. The molecule has 12 heavy (non-hydrogen) atoms. The first-order valence-electron chi connectivity index (χ1n) is 4.10. The standard InChI is InChI=1S/C11H13F/c1-3-4-7-10-8-5-6-9(2)11(10)12/h3,5-6,8H,1,4,7H2,2H3. The summed E-state index contributed by atoms with van der Waals surface area (Å²) in [7, 11) is 0. The fourth-order valence-electron chi connectivity index (χ4n) is 1.16. The van der Waals surface area contributed by atoms with Gasteiger partial charge in [0.15, 0.2) is 0 Å². The third-order valence-electron chi connectivity index (χ3n) is 1.89. The Bertz CT molecular complexity index is 276. The molecule has 1 rings (SSSR count). The predicted octanol–water partition coefficient (Wildman–Crippen LogP) is 3.25. The van der Waals surface area contributed by atoms with Crippen LogP contribution in [-0.4, -0.2) is 0 Å². The summed E-state index contributed by atoms with van der Waals surface area (Å²) in [5.41, 5.74) is 1.51. The minimum Gasteiger partial charge on any atom is -0.206 e. The summed E-state index contributed by atoms with van der Waals surface area (Å²) in [6.45, 7) is 5.39. The van der Waals surface area contributed by atoms with E-state index in [1.54, 1.807) is 13.0 Å². The Balaban J connectivity index is 2.84. The molecule has 0 bridgehead atoms. The number of hydrogen-bond donors (Lipinski definition) is 0. The van der Waals surface area contributed by atoms with Gasteiger partial charge >= 0.3 is 0 Å². The first-order valence-corrected chi connectivity index (χ1v) is 4.10. The number of benzene rings is 1. The molecule has 64 valence electrons. The molecule has 0 aromatic heterocycles. The molecule has 0 aliphatic carbocycles. The van der Waals surface area contributed by atoms with Crippen LogP contribution in [0.25, 0.3) is 0 Å². The summed E-state index contributed by atoms with van der Waals surface area (Å²) in [5, 5.41) is 0. The monoisotopic (exact) mass is 164 g/mol. The second-order valence-corrected chi connectivity index (χ2v) is 2.88. The number of rotatable bonds is 3. The second kappa shape index (κ2) is 4.05. The Morgan fingerprint density at radius 2 is 2.25 bits per heavy atom. The molecule has 0 fully saturated rings.